The molecule has 3 N–H and O–H groups in total. The lowest BCUT2D eigenvalue weighted by atomic mass is 10.00. The van der Waals surface area contributed by atoms with Crippen molar-refractivity contribution in [2.45, 2.75) is 51.4 Å². The Labute approximate surface area is 116 Å². The molecule has 1 aliphatic heterocycles. The van der Waals surface area contributed by atoms with Crippen molar-refractivity contribution < 1.29 is 13.2 Å². The Balaban J connectivity index is 2.22. The zero-order chi connectivity index (χ0) is 14.9. The molecule has 2 heterocycles. The number of nitrogens with zero attached hydrogens (tertiary/aromatic N) is 2. The van der Waals surface area contributed by atoms with Gasteiger partial charge in [0, 0.05) is 12.1 Å². The third-order valence-electron chi connectivity index (χ3n) is 3.61. The maximum Gasteiger partial charge on any atom is 0.416 e. The van der Waals surface area contributed by atoms with Crippen LogP contribution in [0.15, 0.2) is 12.1 Å². The van der Waals surface area contributed by atoms with Gasteiger partial charge in [0.1, 0.15) is 11.6 Å². The number of nitrogen functional groups attached to an aromatic ring is 1. The minimum atomic E-state index is -4.42. The maximum absolute atomic E-state index is 12.8. The number of aromatic nitrogens is 1. The molecule has 0 bridgehead atoms. The van der Waals surface area contributed by atoms with E-state index in [9.17, 15) is 13.2 Å². The van der Waals surface area contributed by atoms with Gasteiger partial charge >= 0.3 is 6.18 Å². The summed E-state index contributed by atoms with van der Waals surface area (Å²) in [5.41, 5.74) is 7.65. The van der Waals surface area contributed by atoms with Crippen molar-refractivity contribution in [2.24, 2.45) is 0 Å². The van der Waals surface area contributed by atoms with Crippen LogP contribution in [-0.2, 0) is 6.18 Å². The molecule has 0 spiro atoms. The van der Waals surface area contributed by atoms with Gasteiger partial charge in [-0.2, -0.15) is 13.2 Å². The molecule has 1 aromatic rings. The van der Waals surface area contributed by atoms with E-state index in [0.717, 1.165) is 31.4 Å². The highest BCUT2D eigenvalue weighted by atomic mass is 19.4. The lowest BCUT2D eigenvalue weighted by molar-refractivity contribution is -0.137. The second-order valence-electron chi connectivity index (χ2n) is 5.31. The van der Waals surface area contributed by atoms with Crippen molar-refractivity contribution in [3.05, 3.63) is 17.7 Å². The Bertz CT molecular complexity index is 465. The zero-order valence-electron chi connectivity index (χ0n) is 11.5. The van der Waals surface area contributed by atoms with E-state index in [1.54, 1.807) is 0 Å². The van der Waals surface area contributed by atoms with E-state index < -0.39 is 11.7 Å². The molecule has 1 saturated heterocycles. The predicted molar refractivity (Wildman–Crippen MR) is 71.9 cm³/mol. The first kappa shape index (κ1) is 14.9. The van der Waals surface area contributed by atoms with E-state index in [0.29, 0.717) is 0 Å². The van der Waals surface area contributed by atoms with E-state index >= 15 is 0 Å². The van der Waals surface area contributed by atoms with Crippen molar-refractivity contribution in [1.29, 1.82) is 0 Å². The molecule has 1 fully saturated rings. The molecule has 2 atom stereocenters. The van der Waals surface area contributed by atoms with Gasteiger partial charge in [0.2, 0.25) is 0 Å². The van der Waals surface area contributed by atoms with E-state index in [1.165, 1.54) is 0 Å². The van der Waals surface area contributed by atoms with E-state index in [2.05, 4.69) is 10.4 Å². The number of hydrazine groups is 1. The van der Waals surface area contributed by atoms with Crippen molar-refractivity contribution >= 4 is 11.6 Å². The van der Waals surface area contributed by atoms with Gasteiger partial charge < -0.3 is 11.2 Å². The molecule has 20 heavy (non-hydrogen) atoms. The van der Waals surface area contributed by atoms with Crippen LogP contribution in [0.4, 0.5) is 24.8 Å². The molecule has 112 valence electrons. The van der Waals surface area contributed by atoms with Crippen LogP contribution in [0, 0.1) is 0 Å². The van der Waals surface area contributed by atoms with Crippen molar-refractivity contribution in [3.63, 3.8) is 0 Å². The second-order valence-corrected chi connectivity index (χ2v) is 5.31. The van der Waals surface area contributed by atoms with Gasteiger partial charge in [-0.1, -0.05) is 6.42 Å². The van der Waals surface area contributed by atoms with Crippen LogP contribution in [0.5, 0.6) is 0 Å². The highest BCUT2D eigenvalue weighted by molar-refractivity contribution is 5.47. The summed E-state index contributed by atoms with van der Waals surface area (Å²) in [6.45, 7) is 4.08. The van der Waals surface area contributed by atoms with Gasteiger partial charge in [-0.15, -0.1) is 0 Å². The Morgan fingerprint density at radius 3 is 2.40 bits per heavy atom. The fourth-order valence-corrected chi connectivity index (χ4v) is 2.55. The SMILES string of the molecule is CC1CCCC(C)N1Nc1cc(C(F)(F)F)cc(N)n1. The summed E-state index contributed by atoms with van der Waals surface area (Å²) in [5, 5.41) is 1.95. The van der Waals surface area contributed by atoms with Crippen molar-refractivity contribution in [1.82, 2.24) is 9.99 Å². The summed E-state index contributed by atoms with van der Waals surface area (Å²) in [4.78, 5) is 3.94. The van der Waals surface area contributed by atoms with Crippen LogP contribution < -0.4 is 11.2 Å². The normalized spacial score (nSPS) is 24.6. The van der Waals surface area contributed by atoms with Crippen LogP contribution in [0.3, 0.4) is 0 Å². The largest absolute Gasteiger partial charge is 0.416 e. The number of anilines is 2. The highest BCUT2D eigenvalue weighted by Crippen LogP contribution is 2.32. The average Bonchev–Trinajstić information content (AvgIpc) is 2.32. The van der Waals surface area contributed by atoms with Crippen molar-refractivity contribution in [2.75, 3.05) is 11.2 Å². The molecule has 0 radical (unpaired) electrons. The standard InChI is InChI=1S/C13H19F3N4/c1-8-4-3-5-9(2)20(8)19-12-7-10(13(14,15)16)6-11(17)18-12/h6-9H,3-5H2,1-2H3,(H3,17,18,19). The van der Waals surface area contributed by atoms with E-state index in [4.69, 9.17) is 5.73 Å². The van der Waals surface area contributed by atoms with Gasteiger partial charge in [0.25, 0.3) is 0 Å². The summed E-state index contributed by atoms with van der Waals surface area (Å²) >= 11 is 0. The quantitative estimate of drug-likeness (QED) is 0.877. The second kappa shape index (κ2) is 5.47. The smallest absolute Gasteiger partial charge is 0.384 e. The number of piperidine rings is 1. The number of hydrogen-bond acceptors (Lipinski definition) is 4. The lowest BCUT2D eigenvalue weighted by Crippen LogP contribution is -2.47. The fourth-order valence-electron chi connectivity index (χ4n) is 2.55. The molecular formula is C13H19F3N4. The minimum absolute atomic E-state index is 0.137. The molecule has 0 saturated carbocycles. The summed E-state index contributed by atoms with van der Waals surface area (Å²) in [7, 11) is 0. The van der Waals surface area contributed by atoms with Crippen LogP contribution in [0.25, 0.3) is 0 Å². The number of pyridine rings is 1. The van der Waals surface area contributed by atoms with Crippen LogP contribution >= 0.6 is 0 Å². The number of rotatable bonds is 2. The van der Waals surface area contributed by atoms with Gasteiger partial charge in [0.05, 0.1) is 5.56 Å². The Morgan fingerprint density at radius 1 is 1.25 bits per heavy atom. The molecule has 0 amide bonds. The molecule has 2 rings (SSSR count). The predicted octanol–water partition coefficient (Wildman–Crippen LogP) is 3.27. The Morgan fingerprint density at radius 2 is 1.85 bits per heavy atom. The van der Waals surface area contributed by atoms with Gasteiger partial charge in [0.15, 0.2) is 0 Å². The third kappa shape index (κ3) is 3.33. The Hall–Kier alpha value is -1.50. The van der Waals surface area contributed by atoms with Crippen LogP contribution in [-0.4, -0.2) is 22.1 Å². The first-order valence-electron chi connectivity index (χ1n) is 6.67. The number of hydrogen-bond donors (Lipinski definition) is 2. The zero-order valence-corrected chi connectivity index (χ0v) is 11.5. The molecule has 7 heteroatoms. The number of nitrogens with one attached hydrogen (secondary N) is 1. The molecule has 0 aliphatic carbocycles. The first-order valence-corrected chi connectivity index (χ1v) is 6.67. The minimum Gasteiger partial charge on any atom is -0.384 e. The van der Waals surface area contributed by atoms with Gasteiger partial charge in [-0.05, 0) is 38.8 Å². The van der Waals surface area contributed by atoms with Crippen molar-refractivity contribution in [3.8, 4) is 0 Å². The molecule has 0 aromatic carbocycles. The Kier molecular flexibility index (Phi) is 4.08. The summed E-state index contributed by atoms with van der Waals surface area (Å²) < 4.78 is 38.3. The molecule has 1 aliphatic rings. The molecule has 4 nitrogen and oxygen atoms in total. The summed E-state index contributed by atoms with van der Waals surface area (Å²) in [6.07, 6.45) is -1.29. The molecule has 1 aromatic heterocycles. The monoisotopic (exact) mass is 288 g/mol. The van der Waals surface area contributed by atoms with Gasteiger partial charge in [-0.25, -0.2) is 9.99 Å². The number of nitrogens with two attached hydrogens (primary N) is 1. The van der Waals surface area contributed by atoms with Crippen LogP contribution in [0.2, 0.25) is 0 Å². The number of alkyl halides is 3. The number of halogens is 3. The van der Waals surface area contributed by atoms with E-state index in [-0.39, 0.29) is 23.7 Å². The molecular weight excluding hydrogens is 269 g/mol. The maximum atomic E-state index is 12.8. The summed E-state index contributed by atoms with van der Waals surface area (Å²) in [6, 6.07) is 2.33. The summed E-state index contributed by atoms with van der Waals surface area (Å²) in [5.74, 6) is -0.00225. The topological polar surface area (TPSA) is 54.2 Å². The molecule has 2 unspecified atom stereocenters. The fraction of sp³-hybridized carbons (Fsp3) is 0.615. The van der Waals surface area contributed by atoms with Gasteiger partial charge in [-0.3, -0.25) is 0 Å². The third-order valence-corrected chi connectivity index (χ3v) is 3.61. The van der Waals surface area contributed by atoms with E-state index in [1.807, 2.05) is 18.9 Å². The highest BCUT2D eigenvalue weighted by Gasteiger charge is 2.32. The first-order chi connectivity index (χ1) is 9.27. The van der Waals surface area contributed by atoms with Crippen LogP contribution in [0.1, 0.15) is 38.7 Å². The average molecular weight is 288 g/mol. The lowest BCUT2D eigenvalue weighted by Gasteiger charge is -2.39.